The first-order valence-electron chi connectivity index (χ1n) is 6.75. The first-order valence-corrected chi connectivity index (χ1v) is 7.54. The first kappa shape index (κ1) is 16.2. The summed E-state index contributed by atoms with van der Waals surface area (Å²) in [5, 5.41) is 3.03. The van der Waals surface area contributed by atoms with E-state index in [1.807, 2.05) is 24.3 Å². The molecular weight excluding hydrogens is 304 g/mol. The summed E-state index contributed by atoms with van der Waals surface area (Å²) in [5.41, 5.74) is 7.01. The summed E-state index contributed by atoms with van der Waals surface area (Å²) < 4.78 is 1.04. The van der Waals surface area contributed by atoms with E-state index < -0.39 is 6.04 Å². The fraction of sp³-hybridized carbons (Fsp3) is 0.533. The SMILES string of the molecule is CCC(NC(=O)[C@@H](N)CC(C)C)c1ccc(Br)cc1. The summed E-state index contributed by atoms with van der Waals surface area (Å²) in [5.74, 6) is 0.358. The van der Waals surface area contributed by atoms with E-state index >= 15 is 0 Å². The van der Waals surface area contributed by atoms with Crippen molar-refractivity contribution >= 4 is 21.8 Å². The van der Waals surface area contributed by atoms with Crippen LogP contribution in [0, 0.1) is 5.92 Å². The second kappa shape index (κ2) is 7.65. The third-order valence-electron chi connectivity index (χ3n) is 3.06. The Morgan fingerprint density at radius 3 is 2.37 bits per heavy atom. The van der Waals surface area contributed by atoms with Crippen LogP contribution in [0.2, 0.25) is 0 Å². The van der Waals surface area contributed by atoms with Crippen LogP contribution in [0.25, 0.3) is 0 Å². The smallest absolute Gasteiger partial charge is 0.237 e. The number of halogens is 1. The number of carbonyl (C=O) groups is 1. The van der Waals surface area contributed by atoms with Gasteiger partial charge in [0.25, 0.3) is 0 Å². The maximum atomic E-state index is 12.0. The lowest BCUT2D eigenvalue weighted by molar-refractivity contribution is -0.123. The molecule has 0 aliphatic heterocycles. The molecule has 0 saturated carbocycles. The molecule has 0 radical (unpaired) electrons. The molecule has 1 aromatic carbocycles. The van der Waals surface area contributed by atoms with Crippen LogP contribution >= 0.6 is 15.9 Å². The molecule has 0 bridgehead atoms. The Morgan fingerprint density at radius 2 is 1.89 bits per heavy atom. The Labute approximate surface area is 124 Å². The Balaban J connectivity index is 2.66. The summed E-state index contributed by atoms with van der Waals surface area (Å²) >= 11 is 3.41. The quantitative estimate of drug-likeness (QED) is 0.841. The summed E-state index contributed by atoms with van der Waals surface area (Å²) in [6, 6.07) is 7.61. The summed E-state index contributed by atoms with van der Waals surface area (Å²) in [6.07, 6.45) is 1.56. The van der Waals surface area contributed by atoms with Crippen LogP contribution in [-0.4, -0.2) is 11.9 Å². The third-order valence-corrected chi connectivity index (χ3v) is 3.59. The normalized spacial score (nSPS) is 14.2. The highest BCUT2D eigenvalue weighted by molar-refractivity contribution is 9.10. The van der Waals surface area contributed by atoms with Gasteiger partial charge in [0, 0.05) is 4.47 Å². The lowest BCUT2D eigenvalue weighted by Crippen LogP contribution is -2.42. The molecule has 0 fully saturated rings. The van der Waals surface area contributed by atoms with Crippen LogP contribution in [0.5, 0.6) is 0 Å². The first-order chi connectivity index (χ1) is 8.93. The van der Waals surface area contributed by atoms with E-state index in [0.29, 0.717) is 12.3 Å². The summed E-state index contributed by atoms with van der Waals surface area (Å²) in [4.78, 5) is 12.0. The molecule has 4 heteroatoms. The van der Waals surface area contributed by atoms with Crippen molar-refractivity contribution < 1.29 is 4.79 Å². The maximum Gasteiger partial charge on any atom is 0.237 e. The van der Waals surface area contributed by atoms with E-state index in [4.69, 9.17) is 5.73 Å². The number of hydrogen-bond donors (Lipinski definition) is 2. The highest BCUT2D eigenvalue weighted by Crippen LogP contribution is 2.19. The molecule has 0 heterocycles. The minimum atomic E-state index is -0.426. The number of benzene rings is 1. The molecule has 2 atom stereocenters. The van der Waals surface area contributed by atoms with Crippen LogP contribution in [-0.2, 0) is 4.79 Å². The molecule has 0 aliphatic carbocycles. The van der Waals surface area contributed by atoms with Crippen molar-refractivity contribution in [3.8, 4) is 0 Å². The van der Waals surface area contributed by atoms with Crippen LogP contribution in [0.1, 0.15) is 45.2 Å². The van der Waals surface area contributed by atoms with Gasteiger partial charge in [0.2, 0.25) is 5.91 Å². The Hall–Kier alpha value is -0.870. The molecule has 0 saturated heterocycles. The second-order valence-electron chi connectivity index (χ2n) is 5.26. The zero-order chi connectivity index (χ0) is 14.4. The zero-order valence-electron chi connectivity index (χ0n) is 11.8. The number of nitrogens with two attached hydrogens (primary N) is 1. The monoisotopic (exact) mass is 326 g/mol. The molecule has 0 aliphatic rings. The average molecular weight is 327 g/mol. The molecule has 0 aromatic heterocycles. The Bertz CT molecular complexity index is 403. The molecule has 1 unspecified atom stereocenters. The maximum absolute atomic E-state index is 12.0. The largest absolute Gasteiger partial charge is 0.348 e. The van der Waals surface area contributed by atoms with E-state index in [1.165, 1.54) is 0 Å². The molecule has 1 rings (SSSR count). The molecule has 3 N–H and O–H groups in total. The van der Waals surface area contributed by atoms with Gasteiger partial charge in [-0.05, 0) is 36.5 Å². The molecule has 1 amide bonds. The number of nitrogens with one attached hydrogen (secondary N) is 1. The van der Waals surface area contributed by atoms with Gasteiger partial charge in [-0.3, -0.25) is 4.79 Å². The van der Waals surface area contributed by atoms with Gasteiger partial charge in [-0.25, -0.2) is 0 Å². The predicted octanol–water partition coefficient (Wildman–Crippen LogP) is 3.39. The van der Waals surface area contributed by atoms with Crippen molar-refractivity contribution in [1.82, 2.24) is 5.32 Å². The topological polar surface area (TPSA) is 55.1 Å². The number of carbonyl (C=O) groups excluding carboxylic acids is 1. The molecule has 19 heavy (non-hydrogen) atoms. The highest BCUT2D eigenvalue weighted by atomic mass is 79.9. The second-order valence-corrected chi connectivity index (χ2v) is 6.17. The minimum Gasteiger partial charge on any atom is -0.348 e. The van der Waals surface area contributed by atoms with Gasteiger partial charge in [-0.15, -0.1) is 0 Å². The van der Waals surface area contributed by atoms with Crippen molar-refractivity contribution in [3.05, 3.63) is 34.3 Å². The van der Waals surface area contributed by atoms with E-state index in [0.717, 1.165) is 16.5 Å². The van der Waals surface area contributed by atoms with Gasteiger partial charge in [0.05, 0.1) is 12.1 Å². The summed E-state index contributed by atoms with van der Waals surface area (Å²) in [7, 11) is 0. The van der Waals surface area contributed by atoms with Gasteiger partial charge < -0.3 is 11.1 Å². The highest BCUT2D eigenvalue weighted by Gasteiger charge is 2.19. The van der Waals surface area contributed by atoms with E-state index in [2.05, 4.69) is 42.0 Å². The van der Waals surface area contributed by atoms with Crippen molar-refractivity contribution in [3.63, 3.8) is 0 Å². The van der Waals surface area contributed by atoms with Gasteiger partial charge in [0.1, 0.15) is 0 Å². The van der Waals surface area contributed by atoms with E-state index in [9.17, 15) is 4.79 Å². The lowest BCUT2D eigenvalue weighted by atomic mass is 10.0. The lowest BCUT2D eigenvalue weighted by Gasteiger charge is -2.21. The molecular formula is C15H23BrN2O. The van der Waals surface area contributed by atoms with Crippen LogP contribution in [0.3, 0.4) is 0 Å². The van der Waals surface area contributed by atoms with Gasteiger partial charge >= 0.3 is 0 Å². The van der Waals surface area contributed by atoms with Crippen LogP contribution < -0.4 is 11.1 Å². The molecule has 1 aromatic rings. The van der Waals surface area contributed by atoms with Crippen LogP contribution in [0.4, 0.5) is 0 Å². The molecule has 0 spiro atoms. The van der Waals surface area contributed by atoms with Crippen LogP contribution in [0.15, 0.2) is 28.7 Å². The summed E-state index contributed by atoms with van der Waals surface area (Å²) in [6.45, 7) is 6.19. The van der Waals surface area contributed by atoms with E-state index in [-0.39, 0.29) is 11.9 Å². The van der Waals surface area contributed by atoms with E-state index in [1.54, 1.807) is 0 Å². The average Bonchev–Trinajstić information content (AvgIpc) is 2.36. The van der Waals surface area contributed by atoms with Crippen molar-refractivity contribution in [2.24, 2.45) is 11.7 Å². The minimum absolute atomic E-state index is 0.0267. The molecule has 3 nitrogen and oxygen atoms in total. The molecule has 106 valence electrons. The predicted molar refractivity (Wildman–Crippen MR) is 82.7 cm³/mol. The number of amides is 1. The van der Waals surface area contributed by atoms with Crippen molar-refractivity contribution in [2.75, 3.05) is 0 Å². The van der Waals surface area contributed by atoms with Gasteiger partial charge in [0.15, 0.2) is 0 Å². The van der Waals surface area contributed by atoms with Crippen molar-refractivity contribution in [2.45, 2.75) is 45.7 Å². The number of rotatable bonds is 6. The fourth-order valence-electron chi connectivity index (χ4n) is 2.01. The zero-order valence-corrected chi connectivity index (χ0v) is 13.4. The van der Waals surface area contributed by atoms with Crippen molar-refractivity contribution in [1.29, 1.82) is 0 Å². The standard InChI is InChI=1S/C15H23BrN2O/c1-4-14(11-5-7-12(16)8-6-11)18-15(19)13(17)9-10(2)3/h5-8,10,13-14H,4,9,17H2,1-3H3,(H,18,19)/t13-,14?/m0/s1. The third kappa shape index (κ3) is 5.33. The van der Waals surface area contributed by atoms with Gasteiger partial charge in [-0.2, -0.15) is 0 Å². The fourth-order valence-corrected chi connectivity index (χ4v) is 2.27. The van der Waals surface area contributed by atoms with Gasteiger partial charge in [-0.1, -0.05) is 48.8 Å². The Morgan fingerprint density at radius 1 is 1.32 bits per heavy atom. The number of hydrogen-bond acceptors (Lipinski definition) is 2. The Kier molecular flexibility index (Phi) is 6.52.